The van der Waals surface area contributed by atoms with Crippen LogP contribution in [-0.2, 0) is 11.3 Å². The normalized spacial score (nSPS) is 14.8. The van der Waals surface area contributed by atoms with Crippen LogP contribution in [0.4, 0.5) is 5.69 Å². The molecule has 6 heteroatoms. The first-order chi connectivity index (χ1) is 8.25. The van der Waals surface area contributed by atoms with Crippen LogP contribution in [-0.4, -0.2) is 32.3 Å². The number of hydrogen-bond donors (Lipinski definition) is 2. The second kappa shape index (κ2) is 7.42. The van der Waals surface area contributed by atoms with Crippen LogP contribution in [0.25, 0.3) is 0 Å². The molecule has 1 aliphatic rings. The van der Waals surface area contributed by atoms with Gasteiger partial charge < -0.3 is 21.1 Å². The fraction of sp³-hybridized carbons (Fsp3) is 0.417. The Morgan fingerprint density at radius 3 is 2.33 bits per heavy atom. The number of benzene rings is 1. The molecule has 1 aliphatic heterocycles. The Balaban J connectivity index is 0.00000162. The minimum Gasteiger partial charge on any atom is -0.378 e. The van der Waals surface area contributed by atoms with Crippen molar-refractivity contribution in [2.75, 3.05) is 31.2 Å². The highest BCUT2D eigenvalue weighted by Crippen LogP contribution is 2.16. The van der Waals surface area contributed by atoms with Gasteiger partial charge in [-0.25, -0.2) is 4.99 Å². The fourth-order valence-electron chi connectivity index (χ4n) is 1.82. The first-order valence-electron chi connectivity index (χ1n) is 5.73. The number of nitrogens with two attached hydrogens (primary N) is 2. The number of aliphatic imine (C=N–C) groups is 1. The lowest BCUT2D eigenvalue weighted by atomic mass is 10.2. The monoisotopic (exact) mass is 362 g/mol. The maximum atomic E-state index is 5.32. The zero-order chi connectivity index (χ0) is 12.1. The first kappa shape index (κ1) is 15.0. The molecule has 0 atom stereocenters. The third-order valence-corrected chi connectivity index (χ3v) is 2.76. The molecule has 1 fully saturated rings. The summed E-state index contributed by atoms with van der Waals surface area (Å²) in [7, 11) is 0. The van der Waals surface area contributed by atoms with E-state index in [2.05, 4.69) is 34.2 Å². The Hall–Kier alpha value is -1.02. The summed E-state index contributed by atoms with van der Waals surface area (Å²) in [5.74, 6) is 0.127. The average molecular weight is 362 g/mol. The topological polar surface area (TPSA) is 76.9 Å². The van der Waals surface area contributed by atoms with Crippen molar-refractivity contribution < 1.29 is 4.74 Å². The summed E-state index contributed by atoms with van der Waals surface area (Å²) < 4.78 is 5.32. The highest BCUT2D eigenvalue weighted by atomic mass is 127. The van der Waals surface area contributed by atoms with Crippen molar-refractivity contribution in [1.29, 1.82) is 0 Å². The van der Waals surface area contributed by atoms with Gasteiger partial charge in [0.15, 0.2) is 5.96 Å². The molecule has 0 radical (unpaired) electrons. The van der Waals surface area contributed by atoms with Gasteiger partial charge in [0.05, 0.1) is 19.8 Å². The van der Waals surface area contributed by atoms with Crippen molar-refractivity contribution >= 4 is 35.6 Å². The van der Waals surface area contributed by atoms with Crippen LogP contribution >= 0.6 is 24.0 Å². The smallest absolute Gasteiger partial charge is 0.186 e. The number of guanidine groups is 1. The maximum absolute atomic E-state index is 5.32. The molecule has 1 heterocycles. The highest BCUT2D eigenvalue weighted by Gasteiger charge is 2.10. The Morgan fingerprint density at radius 2 is 1.78 bits per heavy atom. The van der Waals surface area contributed by atoms with E-state index in [1.54, 1.807) is 0 Å². The highest BCUT2D eigenvalue weighted by molar-refractivity contribution is 14.0. The summed E-state index contributed by atoms with van der Waals surface area (Å²) in [6.07, 6.45) is 0. The molecule has 0 saturated carbocycles. The number of halogens is 1. The van der Waals surface area contributed by atoms with Crippen molar-refractivity contribution in [2.24, 2.45) is 16.5 Å². The summed E-state index contributed by atoms with van der Waals surface area (Å²) in [5.41, 5.74) is 12.9. The molecule has 1 saturated heterocycles. The van der Waals surface area contributed by atoms with Crippen LogP contribution in [0.15, 0.2) is 29.3 Å². The minimum absolute atomic E-state index is 0. The molecule has 4 N–H and O–H groups in total. The molecule has 0 spiro atoms. The molecule has 1 aromatic carbocycles. The van der Waals surface area contributed by atoms with E-state index in [1.807, 2.05) is 0 Å². The lowest BCUT2D eigenvalue weighted by Crippen LogP contribution is -2.36. The summed E-state index contributed by atoms with van der Waals surface area (Å²) in [6.45, 7) is 4.04. The van der Waals surface area contributed by atoms with E-state index in [0.717, 1.165) is 31.9 Å². The summed E-state index contributed by atoms with van der Waals surface area (Å²) in [5, 5.41) is 0. The molecule has 2 rings (SSSR count). The molecule has 100 valence electrons. The van der Waals surface area contributed by atoms with Gasteiger partial charge in [0.25, 0.3) is 0 Å². The largest absolute Gasteiger partial charge is 0.378 e. The Kier molecular flexibility index (Phi) is 6.20. The number of morpholine rings is 1. The summed E-state index contributed by atoms with van der Waals surface area (Å²) >= 11 is 0. The fourth-order valence-corrected chi connectivity index (χ4v) is 1.82. The molecule has 0 bridgehead atoms. The van der Waals surface area contributed by atoms with Gasteiger partial charge in [0.1, 0.15) is 0 Å². The quantitative estimate of drug-likeness (QED) is 0.476. The van der Waals surface area contributed by atoms with Gasteiger partial charge in [0, 0.05) is 18.8 Å². The molecule has 0 amide bonds. The molecule has 18 heavy (non-hydrogen) atoms. The van der Waals surface area contributed by atoms with E-state index < -0.39 is 0 Å². The molecular formula is C12H19IN4O. The SMILES string of the molecule is I.NC(N)=NCc1ccc(N2CCOCC2)cc1. The second-order valence-corrected chi connectivity index (χ2v) is 4.01. The number of hydrogen-bond acceptors (Lipinski definition) is 3. The summed E-state index contributed by atoms with van der Waals surface area (Å²) in [4.78, 5) is 6.29. The standard InChI is InChI=1S/C12H18N4O.HI/c13-12(14)15-9-10-1-3-11(4-2-10)16-5-7-17-8-6-16;/h1-4H,5-9H2,(H4,13,14,15);1H. The zero-order valence-corrected chi connectivity index (χ0v) is 12.5. The van der Waals surface area contributed by atoms with E-state index in [9.17, 15) is 0 Å². The van der Waals surface area contributed by atoms with Gasteiger partial charge in [-0.3, -0.25) is 0 Å². The van der Waals surface area contributed by atoms with Crippen molar-refractivity contribution in [3.8, 4) is 0 Å². The van der Waals surface area contributed by atoms with Crippen LogP contribution in [0.2, 0.25) is 0 Å². The van der Waals surface area contributed by atoms with E-state index in [0.29, 0.717) is 6.54 Å². The van der Waals surface area contributed by atoms with Crippen molar-refractivity contribution in [2.45, 2.75) is 6.54 Å². The van der Waals surface area contributed by atoms with Crippen LogP contribution in [0.5, 0.6) is 0 Å². The molecule has 0 unspecified atom stereocenters. The van der Waals surface area contributed by atoms with Gasteiger partial charge in [-0.1, -0.05) is 12.1 Å². The molecule has 0 aliphatic carbocycles. The van der Waals surface area contributed by atoms with E-state index in [4.69, 9.17) is 16.2 Å². The lowest BCUT2D eigenvalue weighted by molar-refractivity contribution is 0.122. The first-order valence-corrected chi connectivity index (χ1v) is 5.73. The molecule has 1 aromatic rings. The van der Waals surface area contributed by atoms with Gasteiger partial charge in [-0.2, -0.15) is 0 Å². The number of rotatable bonds is 3. The number of anilines is 1. The van der Waals surface area contributed by atoms with Crippen LogP contribution < -0.4 is 16.4 Å². The molecule has 5 nitrogen and oxygen atoms in total. The van der Waals surface area contributed by atoms with E-state index in [1.165, 1.54) is 5.69 Å². The van der Waals surface area contributed by atoms with Crippen molar-refractivity contribution in [3.05, 3.63) is 29.8 Å². The predicted octanol–water partition coefficient (Wildman–Crippen LogP) is 0.915. The van der Waals surface area contributed by atoms with Crippen LogP contribution in [0.3, 0.4) is 0 Å². The number of nitrogens with zero attached hydrogens (tertiary/aromatic N) is 2. The maximum Gasteiger partial charge on any atom is 0.186 e. The van der Waals surface area contributed by atoms with Crippen molar-refractivity contribution in [1.82, 2.24) is 0 Å². The lowest BCUT2D eigenvalue weighted by Gasteiger charge is -2.28. The van der Waals surface area contributed by atoms with E-state index >= 15 is 0 Å². The minimum atomic E-state index is 0. The Morgan fingerprint density at radius 1 is 1.17 bits per heavy atom. The predicted molar refractivity (Wildman–Crippen MR) is 84.4 cm³/mol. The van der Waals surface area contributed by atoms with Gasteiger partial charge in [-0.05, 0) is 17.7 Å². The third kappa shape index (κ3) is 4.34. The van der Waals surface area contributed by atoms with Gasteiger partial charge in [0.2, 0.25) is 0 Å². The van der Waals surface area contributed by atoms with Crippen LogP contribution in [0.1, 0.15) is 5.56 Å². The Labute approximate surface area is 124 Å². The second-order valence-electron chi connectivity index (χ2n) is 4.01. The van der Waals surface area contributed by atoms with Crippen LogP contribution in [0, 0.1) is 0 Å². The van der Waals surface area contributed by atoms with Crippen molar-refractivity contribution in [3.63, 3.8) is 0 Å². The summed E-state index contributed by atoms with van der Waals surface area (Å²) in [6, 6.07) is 8.31. The zero-order valence-electron chi connectivity index (χ0n) is 10.2. The third-order valence-electron chi connectivity index (χ3n) is 2.76. The van der Waals surface area contributed by atoms with Gasteiger partial charge >= 0.3 is 0 Å². The molecular weight excluding hydrogens is 343 g/mol. The average Bonchev–Trinajstić information content (AvgIpc) is 2.38. The van der Waals surface area contributed by atoms with Gasteiger partial charge in [-0.15, -0.1) is 24.0 Å². The molecule has 0 aromatic heterocycles. The number of ether oxygens (including phenoxy) is 1. The van der Waals surface area contributed by atoms with E-state index in [-0.39, 0.29) is 29.9 Å². The Bertz CT molecular complexity index is 384.